The van der Waals surface area contributed by atoms with Crippen molar-refractivity contribution in [3.8, 4) is 0 Å². The van der Waals surface area contributed by atoms with Gasteiger partial charge >= 0.3 is 0 Å². The Bertz CT molecular complexity index is 670. The van der Waals surface area contributed by atoms with Crippen LogP contribution >= 0.6 is 15.9 Å². The number of aryl methyl sites for hydroxylation is 2. The van der Waals surface area contributed by atoms with Crippen molar-refractivity contribution < 1.29 is 4.79 Å². The molecule has 0 fully saturated rings. The number of pyridine rings is 1. The third-order valence-electron chi connectivity index (χ3n) is 4.02. The summed E-state index contributed by atoms with van der Waals surface area (Å²) in [7, 11) is 0. The van der Waals surface area contributed by atoms with E-state index in [9.17, 15) is 4.79 Å². The van der Waals surface area contributed by atoms with Crippen LogP contribution in [0.25, 0.3) is 0 Å². The molecule has 108 valence electrons. The summed E-state index contributed by atoms with van der Waals surface area (Å²) in [5.74, 6) is -0.236. The molecule has 4 heteroatoms. The largest absolute Gasteiger partial charge is 0.325 e. The highest BCUT2D eigenvalue weighted by molar-refractivity contribution is 9.10. The van der Waals surface area contributed by atoms with Crippen molar-refractivity contribution in [2.24, 2.45) is 0 Å². The molecule has 2 aromatic rings. The lowest BCUT2D eigenvalue weighted by Gasteiger charge is -2.14. The maximum atomic E-state index is 12.4. The zero-order valence-corrected chi connectivity index (χ0v) is 13.5. The van der Waals surface area contributed by atoms with E-state index in [1.54, 1.807) is 12.4 Å². The van der Waals surface area contributed by atoms with Gasteiger partial charge in [0.05, 0.1) is 11.6 Å². The van der Waals surface area contributed by atoms with E-state index in [1.807, 2.05) is 19.1 Å². The highest BCUT2D eigenvalue weighted by Crippen LogP contribution is 2.32. The Hall–Kier alpha value is -1.68. The SMILES string of the molecule is CC(C(=O)Nc1cc2c(cc1Br)CCC2)c1cccnc1. The van der Waals surface area contributed by atoms with Gasteiger partial charge in [-0.3, -0.25) is 9.78 Å². The Morgan fingerprint density at radius 3 is 2.81 bits per heavy atom. The molecule has 1 N–H and O–H groups in total. The van der Waals surface area contributed by atoms with Gasteiger partial charge in [-0.05, 0) is 77.0 Å². The average molecular weight is 345 g/mol. The van der Waals surface area contributed by atoms with E-state index in [2.05, 4.69) is 38.4 Å². The summed E-state index contributed by atoms with van der Waals surface area (Å²) in [6.45, 7) is 1.90. The topological polar surface area (TPSA) is 42.0 Å². The second-order valence-corrected chi connectivity index (χ2v) is 6.31. The molecule has 0 aliphatic heterocycles. The number of hydrogen-bond acceptors (Lipinski definition) is 2. The Labute approximate surface area is 132 Å². The van der Waals surface area contributed by atoms with E-state index in [1.165, 1.54) is 17.5 Å². The fourth-order valence-corrected chi connectivity index (χ4v) is 3.20. The van der Waals surface area contributed by atoms with Gasteiger partial charge in [0.1, 0.15) is 0 Å². The first-order valence-electron chi connectivity index (χ1n) is 7.17. The number of carbonyl (C=O) groups is 1. The van der Waals surface area contributed by atoms with Gasteiger partial charge < -0.3 is 5.32 Å². The van der Waals surface area contributed by atoms with Gasteiger partial charge in [-0.15, -0.1) is 0 Å². The predicted molar refractivity (Wildman–Crippen MR) is 87.4 cm³/mol. The summed E-state index contributed by atoms with van der Waals surface area (Å²) in [5.41, 5.74) is 4.52. The number of nitrogens with one attached hydrogen (secondary N) is 1. The highest BCUT2D eigenvalue weighted by atomic mass is 79.9. The summed E-state index contributed by atoms with van der Waals surface area (Å²) < 4.78 is 0.954. The maximum Gasteiger partial charge on any atom is 0.231 e. The zero-order chi connectivity index (χ0) is 14.8. The summed E-state index contributed by atoms with van der Waals surface area (Å²) in [4.78, 5) is 16.5. The van der Waals surface area contributed by atoms with Crippen LogP contribution in [0.15, 0.2) is 41.1 Å². The van der Waals surface area contributed by atoms with Crippen molar-refractivity contribution in [2.75, 3.05) is 5.32 Å². The normalized spacial score (nSPS) is 14.6. The number of halogens is 1. The number of fused-ring (bicyclic) bond motifs is 1. The summed E-state index contributed by atoms with van der Waals surface area (Å²) in [6.07, 6.45) is 6.89. The molecule has 0 saturated heterocycles. The van der Waals surface area contributed by atoms with Gasteiger partial charge in [0.25, 0.3) is 0 Å². The van der Waals surface area contributed by atoms with Crippen molar-refractivity contribution in [1.29, 1.82) is 0 Å². The Kier molecular flexibility index (Phi) is 4.06. The smallest absolute Gasteiger partial charge is 0.231 e. The lowest BCUT2D eigenvalue weighted by molar-refractivity contribution is -0.117. The number of rotatable bonds is 3. The van der Waals surface area contributed by atoms with E-state index in [4.69, 9.17) is 0 Å². The van der Waals surface area contributed by atoms with Crippen LogP contribution in [0.1, 0.15) is 36.0 Å². The van der Waals surface area contributed by atoms with Crippen LogP contribution in [0.5, 0.6) is 0 Å². The van der Waals surface area contributed by atoms with E-state index in [0.717, 1.165) is 28.6 Å². The van der Waals surface area contributed by atoms with Crippen molar-refractivity contribution in [3.63, 3.8) is 0 Å². The molecular formula is C17H17BrN2O. The number of carbonyl (C=O) groups excluding carboxylic acids is 1. The Balaban J connectivity index is 1.79. The number of anilines is 1. The second-order valence-electron chi connectivity index (χ2n) is 5.45. The van der Waals surface area contributed by atoms with Crippen LogP contribution in [0.4, 0.5) is 5.69 Å². The molecule has 1 aliphatic carbocycles. The molecule has 1 amide bonds. The van der Waals surface area contributed by atoms with Crippen LogP contribution < -0.4 is 5.32 Å². The van der Waals surface area contributed by atoms with E-state index in [-0.39, 0.29) is 11.8 Å². The molecular weight excluding hydrogens is 328 g/mol. The number of hydrogen-bond donors (Lipinski definition) is 1. The molecule has 0 bridgehead atoms. The van der Waals surface area contributed by atoms with Crippen molar-refractivity contribution in [1.82, 2.24) is 4.98 Å². The fraction of sp³-hybridized carbons (Fsp3) is 0.294. The van der Waals surface area contributed by atoms with Gasteiger partial charge in [-0.25, -0.2) is 0 Å². The van der Waals surface area contributed by atoms with Crippen molar-refractivity contribution >= 4 is 27.5 Å². The van der Waals surface area contributed by atoms with E-state index < -0.39 is 0 Å². The molecule has 3 rings (SSSR count). The molecule has 1 aromatic carbocycles. The summed E-state index contributed by atoms with van der Waals surface area (Å²) >= 11 is 3.56. The van der Waals surface area contributed by atoms with E-state index >= 15 is 0 Å². The molecule has 0 spiro atoms. The number of benzene rings is 1. The van der Waals surface area contributed by atoms with Crippen LogP contribution in [0, 0.1) is 0 Å². The minimum absolute atomic E-state index is 0.0124. The monoisotopic (exact) mass is 344 g/mol. The van der Waals surface area contributed by atoms with E-state index in [0.29, 0.717) is 0 Å². The first-order valence-corrected chi connectivity index (χ1v) is 7.96. The maximum absolute atomic E-state index is 12.4. The average Bonchev–Trinajstić information content (AvgIpc) is 2.94. The lowest BCUT2D eigenvalue weighted by atomic mass is 10.0. The molecule has 1 aromatic heterocycles. The fourth-order valence-electron chi connectivity index (χ4n) is 2.71. The summed E-state index contributed by atoms with van der Waals surface area (Å²) in [5, 5.41) is 3.02. The highest BCUT2D eigenvalue weighted by Gasteiger charge is 2.19. The predicted octanol–water partition coefficient (Wildman–Crippen LogP) is 4.08. The lowest BCUT2D eigenvalue weighted by Crippen LogP contribution is -2.19. The third-order valence-corrected chi connectivity index (χ3v) is 4.67. The number of nitrogens with zero attached hydrogens (tertiary/aromatic N) is 1. The first kappa shape index (κ1) is 14.3. The zero-order valence-electron chi connectivity index (χ0n) is 11.9. The Morgan fingerprint density at radius 2 is 2.10 bits per heavy atom. The van der Waals surface area contributed by atoms with Gasteiger partial charge in [-0.2, -0.15) is 0 Å². The molecule has 1 unspecified atom stereocenters. The molecule has 1 heterocycles. The van der Waals surface area contributed by atoms with Gasteiger partial charge in [0.2, 0.25) is 5.91 Å². The number of aromatic nitrogens is 1. The molecule has 0 saturated carbocycles. The molecule has 1 atom stereocenters. The third kappa shape index (κ3) is 3.00. The minimum atomic E-state index is -0.223. The van der Waals surface area contributed by atoms with Gasteiger partial charge in [0, 0.05) is 16.9 Å². The Morgan fingerprint density at radius 1 is 1.33 bits per heavy atom. The summed E-state index contributed by atoms with van der Waals surface area (Å²) in [6, 6.07) is 8.01. The van der Waals surface area contributed by atoms with Crippen LogP contribution in [-0.2, 0) is 17.6 Å². The second kappa shape index (κ2) is 5.98. The van der Waals surface area contributed by atoms with Gasteiger partial charge in [0.15, 0.2) is 0 Å². The molecule has 3 nitrogen and oxygen atoms in total. The van der Waals surface area contributed by atoms with Gasteiger partial charge in [-0.1, -0.05) is 6.07 Å². The van der Waals surface area contributed by atoms with Crippen LogP contribution in [-0.4, -0.2) is 10.9 Å². The molecule has 1 aliphatic rings. The van der Waals surface area contributed by atoms with Crippen LogP contribution in [0.3, 0.4) is 0 Å². The minimum Gasteiger partial charge on any atom is -0.325 e. The molecule has 21 heavy (non-hydrogen) atoms. The molecule has 0 radical (unpaired) electrons. The quantitative estimate of drug-likeness (QED) is 0.911. The van der Waals surface area contributed by atoms with Crippen LogP contribution in [0.2, 0.25) is 0 Å². The standard InChI is InChI=1S/C17H17BrN2O/c1-11(14-6-3-7-19-10-14)17(21)20-16-9-13-5-2-4-12(13)8-15(16)18/h3,6-11H,2,4-5H2,1H3,(H,20,21). The first-order chi connectivity index (χ1) is 10.1. The van der Waals surface area contributed by atoms with Crippen molar-refractivity contribution in [2.45, 2.75) is 32.1 Å². The number of amides is 1. The van der Waals surface area contributed by atoms with Crippen molar-refractivity contribution in [3.05, 3.63) is 57.8 Å².